The summed E-state index contributed by atoms with van der Waals surface area (Å²) in [6, 6.07) is 0.346. The van der Waals surface area contributed by atoms with Gasteiger partial charge < -0.3 is 4.89 Å². The van der Waals surface area contributed by atoms with Gasteiger partial charge in [0, 0.05) is 12.6 Å². The highest BCUT2D eigenvalue weighted by Gasteiger charge is 2.24. The largest absolute Gasteiger partial charge is 0.337 e. The summed E-state index contributed by atoms with van der Waals surface area (Å²) in [5, 5.41) is 1.75. The van der Waals surface area contributed by atoms with Gasteiger partial charge in [-0.15, -0.1) is 6.58 Å². The van der Waals surface area contributed by atoms with E-state index in [4.69, 9.17) is 16.4 Å². The second kappa shape index (κ2) is 6.38. The Bertz CT molecular complexity index is 250. The Labute approximate surface area is 102 Å². The lowest BCUT2D eigenvalue weighted by Crippen LogP contribution is -2.35. The minimum Gasteiger partial charge on any atom is -0.337 e. The molecule has 0 aromatic carbocycles. The van der Waals surface area contributed by atoms with Crippen molar-refractivity contribution in [1.29, 1.82) is 0 Å². The molecule has 0 heterocycles. The minimum absolute atomic E-state index is 0.346. The Hall–Kier alpha value is 0.620. The van der Waals surface area contributed by atoms with Gasteiger partial charge in [-0.2, -0.15) is 5.06 Å². The van der Waals surface area contributed by atoms with Crippen molar-refractivity contribution in [1.82, 2.24) is 5.06 Å². The summed E-state index contributed by atoms with van der Waals surface area (Å²) in [6.45, 7) is 4.26. The van der Waals surface area contributed by atoms with Gasteiger partial charge in [-0.25, -0.2) is 4.62 Å². The zero-order valence-electron chi connectivity index (χ0n) is 8.71. The quantitative estimate of drug-likeness (QED) is 0.347. The molecule has 15 heavy (non-hydrogen) atoms. The molecule has 1 saturated carbocycles. The van der Waals surface area contributed by atoms with Gasteiger partial charge in [0.2, 0.25) is 0 Å². The summed E-state index contributed by atoms with van der Waals surface area (Å²) in [7, 11) is 0. The maximum Gasteiger partial charge on any atom is 0.258 e. The van der Waals surface area contributed by atoms with E-state index >= 15 is 0 Å². The Morgan fingerprint density at radius 2 is 2.13 bits per heavy atom. The fourth-order valence-electron chi connectivity index (χ4n) is 1.88. The van der Waals surface area contributed by atoms with Crippen molar-refractivity contribution in [2.45, 2.75) is 38.1 Å². The standard InChI is InChI=1S/C9H18NO2PS2/c1-2-8-10(12-13(11,14)15)9-6-4-3-5-7-9/h2,9H,1,3-8H2,(H2,11,14,15). The second-order valence-corrected chi connectivity index (χ2v) is 8.82. The molecule has 1 rings (SSSR count). The van der Waals surface area contributed by atoms with Gasteiger partial charge in [0.25, 0.3) is 5.69 Å². The molecule has 0 saturated heterocycles. The lowest BCUT2D eigenvalue weighted by atomic mass is 9.95. The summed E-state index contributed by atoms with van der Waals surface area (Å²) in [4.78, 5) is 9.44. The van der Waals surface area contributed by atoms with Gasteiger partial charge in [0.15, 0.2) is 0 Å². The third-order valence-corrected chi connectivity index (χ3v) is 3.34. The first kappa shape index (κ1) is 13.7. The molecule has 0 amide bonds. The third-order valence-electron chi connectivity index (χ3n) is 2.50. The predicted molar refractivity (Wildman–Crippen MR) is 70.4 cm³/mol. The van der Waals surface area contributed by atoms with Gasteiger partial charge in [-0.3, -0.25) is 0 Å². The summed E-state index contributed by atoms with van der Waals surface area (Å²) < 4.78 is 5.33. The van der Waals surface area contributed by atoms with E-state index in [1.54, 1.807) is 11.1 Å². The fraction of sp³-hybridized carbons (Fsp3) is 0.778. The van der Waals surface area contributed by atoms with Gasteiger partial charge in [0.1, 0.15) is 0 Å². The van der Waals surface area contributed by atoms with Crippen molar-refractivity contribution in [3.63, 3.8) is 0 Å². The van der Waals surface area contributed by atoms with Gasteiger partial charge in [-0.05, 0) is 24.6 Å². The highest BCUT2D eigenvalue weighted by molar-refractivity contribution is 8.59. The SMILES string of the molecule is C=CCN(OP(O)(=S)S)C1CCCCC1. The van der Waals surface area contributed by atoms with Crippen LogP contribution in [0.15, 0.2) is 12.7 Å². The number of rotatable bonds is 5. The Kier molecular flexibility index (Phi) is 5.82. The molecule has 0 aromatic heterocycles. The van der Waals surface area contributed by atoms with Crippen molar-refractivity contribution in [3.05, 3.63) is 12.7 Å². The van der Waals surface area contributed by atoms with E-state index in [-0.39, 0.29) is 0 Å². The molecular weight excluding hydrogens is 249 g/mol. The van der Waals surface area contributed by atoms with Gasteiger partial charge in [0.05, 0.1) is 0 Å². The van der Waals surface area contributed by atoms with Crippen LogP contribution in [0.1, 0.15) is 32.1 Å². The third kappa shape index (κ3) is 5.48. The monoisotopic (exact) mass is 267 g/mol. The molecule has 0 aliphatic heterocycles. The Morgan fingerprint density at radius 1 is 1.53 bits per heavy atom. The van der Waals surface area contributed by atoms with Gasteiger partial charge >= 0.3 is 0 Å². The fourth-order valence-corrected chi connectivity index (χ4v) is 2.89. The first-order chi connectivity index (χ1) is 7.03. The summed E-state index contributed by atoms with van der Waals surface area (Å²) >= 11 is 8.67. The molecule has 6 heteroatoms. The van der Waals surface area contributed by atoms with E-state index in [0.29, 0.717) is 12.6 Å². The zero-order chi connectivity index (χ0) is 11.3. The minimum atomic E-state index is -2.91. The molecule has 1 aliphatic rings. The first-order valence-electron chi connectivity index (χ1n) is 5.16. The zero-order valence-corrected chi connectivity index (χ0v) is 11.3. The van der Waals surface area contributed by atoms with Crippen molar-refractivity contribution in [2.24, 2.45) is 0 Å². The molecule has 88 valence electrons. The number of hydroxylamine groups is 2. The second-order valence-electron chi connectivity index (χ2n) is 3.75. The van der Waals surface area contributed by atoms with E-state index in [2.05, 4.69) is 18.8 Å². The van der Waals surface area contributed by atoms with Gasteiger partial charge in [-0.1, -0.05) is 37.6 Å². The van der Waals surface area contributed by atoms with Crippen LogP contribution < -0.4 is 0 Å². The van der Waals surface area contributed by atoms with Crippen molar-refractivity contribution in [2.75, 3.05) is 6.54 Å². The molecule has 1 unspecified atom stereocenters. The van der Waals surface area contributed by atoms with E-state index in [9.17, 15) is 4.89 Å². The maximum absolute atomic E-state index is 9.44. The first-order valence-corrected chi connectivity index (χ1v) is 8.98. The lowest BCUT2D eigenvalue weighted by Gasteiger charge is -2.33. The van der Waals surface area contributed by atoms with Crippen LogP contribution in [-0.4, -0.2) is 22.5 Å². The molecular formula is C9H18NO2PS2. The molecule has 1 N–H and O–H groups in total. The molecule has 1 fully saturated rings. The molecule has 1 aliphatic carbocycles. The number of nitrogens with zero attached hydrogens (tertiary/aromatic N) is 1. The predicted octanol–water partition coefficient (Wildman–Crippen LogP) is 2.89. The van der Waals surface area contributed by atoms with E-state index in [1.807, 2.05) is 0 Å². The Balaban J connectivity index is 2.55. The van der Waals surface area contributed by atoms with Crippen LogP contribution in [0, 0.1) is 0 Å². The molecule has 0 bridgehead atoms. The van der Waals surface area contributed by atoms with Crippen LogP contribution in [0.2, 0.25) is 0 Å². The van der Waals surface area contributed by atoms with Crippen molar-refractivity contribution in [3.8, 4) is 0 Å². The highest BCUT2D eigenvalue weighted by atomic mass is 32.9. The normalized spacial score (nSPS) is 22.6. The summed E-state index contributed by atoms with van der Waals surface area (Å²) in [5.74, 6) is 0. The van der Waals surface area contributed by atoms with Crippen LogP contribution in [0.3, 0.4) is 0 Å². The highest BCUT2D eigenvalue weighted by Crippen LogP contribution is 2.49. The average Bonchev–Trinajstić information content (AvgIpc) is 2.17. The number of hydrogen-bond donors (Lipinski definition) is 2. The molecule has 0 spiro atoms. The van der Waals surface area contributed by atoms with Crippen LogP contribution in [0.25, 0.3) is 0 Å². The van der Waals surface area contributed by atoms with E-state index in [1.165, 1.54) is 19.3 Å². The van der Waals surface area contributed by atoms with Crippen molar-refractivity contribution >= 4 is 29.7 Å². The maximum atomic E-state index is 9.44. The van der Waals surface area contributed by atoms with Crippen LogP contribution >= 0.6 is 17.9 Å². The number of thiol groups is 1. The Morgan fingerprint density at radius 3 is 2.60 bits per heavy atom. The van der Waals surface area contributed by atoms with Crippen molar-refractivity contribution < 1.29 is 9.52 Å². The molecule has 1 atom stereocenters. The number of hydrogen-bond acceptors (Lipinski definition) is 3. The topological polar surface area (TPSA) is 32.7 Å². The van der Waals surface area contributed by atoms with Crippen LogP contribution in [0.4, 0.5) is 0 Å². The molecule has 0 aromatic rings. The van der Waals surface area contributed by atoms with E-state index in [0.717, 1.165) is 12.8 Å². The summed E-state index contributed by atoms with van der Waals surface area (Å²) in [6.07, 6.45) is 7.65. The van der Waals surface area contributed by atoms with Crippen LogP contribution in [0.5, 0.6) is 0 Å². The average molecular weight is 267 g/mol. The smallest absolute Gasteiger partial charge is 0.258 e. The van der Waals surface area contributed by atoms with E-state index < -0.39 is 5.69 Å². The van der Waals surface area contributed by atoms with Crippen LogP contribution in [-0.2, 0) is 16.4 Å². The molecule has 3 nitrogen and oxygen atoms in total. The lowest BCUT2D eigenvalue weighted by molar-refractivity contribution is -0.0909. The summed E-state index contributed by atoms with van der Waals surface area (Å²) in [5.41, 5.74) is -2.91. The molecule has 0 radical (unpaired) electrons.